The maximum Gasteiger partial charge on any atom is 0.244 e. The van der Waals surface area contributed by atoms with E-state index in [0.29, 0.717) is 6.61 Å². The van der Waals surface area contributed by atoms with Gasteiger partial charge in [0.15, 0.2) is 0 Å². The van der Waals surface area contributed by atoms with E-state index in [-0.39, 0.29) is 12.3 Å². The predicted molar refractivity (Wildman–Crippen MR) is 144 cm³/mol. The number of carbonyl (C=O) groups excluding carboxylic acids is 1. The zero-order valence-electron chi connectivity index (χ0n) is 18.9. The van der Waals surface area contributed by atoms with E-state index in [1.165, 1.54) is 32.1 Å². The lowest BCUT2D eigenvalue weighted by molar-refractivity contribution is -0.120. The van der Waals surface area contributed by atoms with Gasteiger partial charge in [0.1, 0.15) is 5.75 Å². The van der Waals surface area contributed by atoms with Gasteiger partial charge in [-0.15, -0.1) is 0 Å². The van der Waals surface area contributed by atoms with Gasteiger partial charge >= 0.3 is 0 Å². The smallest absolute Gasteiger partial charge is 0.244 e. The molecule has 33 heavy (non-hydrogen) atoms. The highest BCUT2D eigenvalue weighted by Gasteiger charge is 2.09. The van der Waals surface area contributed by atoms with Gasteiger partial charge in [0.2, 0.25) is 5.91 Å². The molecule has 0 spiro atoms. The number of ether oxygens (including phenoxy) is 1. The lowest BCUT2D eigenvalue weighted by Gasteiger charge is -2.11. The molecule has 0 radical (unpaired) electrons. The molecule has 1 amide bonds. The number of fused-ring (bicyclic) bond motifs is 1. The molecule has 0 aliphatic carbocycles. The summed E-state index contributed by atoms with van der Waals surface area (Å²) >= 11 is 7.17. The van der Waals surface area contributed by atoms with Crippen LogP contribution in [0, 0.1) is 0 Å². The molecule has 0 saturated heterocycles. The third-order valence-corrected chi connectivity index (χ3v) is 6.58. The van der Waals surface area contributed by atoms with Gasteiger partial charge in [0.05, 0.1) is 28.2 Å². The van der Waals surface area contributed by atoms with E-state index < -0.39 is 0 Å². The van der Waals surface area contributed by atoms with Gasteiger partial charge in [-0.3, -0.25) is 4.79 Å². The fourth-order valence-corrected chi connectivity index (χ4v) is 5.14. The Hall–Kier alpha value is -2.18. The van der Waals surface area contributed by atoms with Gasteiger partial charge in [-0.05, 0) is 72.3 Å². The number of nitrogens with one attached hydrogen (secondary N) is 1. The van der Waals surface area contributed by atoms with Gasteiger partial charge in [0, 0.05) is 0 Å². The SMILES string of the molecule is CCCCCCCCOc1c(Br)cc(/C=N/NC(=O)Cc2cccc3ccccc23)cc1Br. The molecule has 0 aliphatic rings. The lowest BCUT2D eigenvalue weighted by Crippen LogP contribution is -2.19. The number of unbranched alkanes of at least 4 members (excludes halogenated alkanes) is 5. The Balaban J connectivity index is 1.51. The van der Waals surface area contributed by atoms with E-state index in [2.05, 4.69) is 49.3 Å². The highest BCUT2D eigenvalue weighted by molar-refractivity contribution is 9.11. The molecular weight excluding hydrogens is 544 g/mol. The van der Waals surface area contributed by atoms with Crippen LogP contribution in [0.15, 0.2) is 68.6 Å². The number of benzene rings is 3. The minimum absolute atomic E-state index is 0.153. The molecule has 0 unspecified atom stereocenters. The van der Waals surface area contributed by atoms with Gasteiger partial charge in [-0.25, -0.2) is 5.43 Å². The Morgan fingerprint density at radius 2 is 1.67 bits per heavy atom. The van der Waals surface area contributed by atoms with Crippen LogP contribution in [0.2, 0.25) is 0 Å². The Kier molecular flexibility index (Phi) is 10.4. The number of hydrogen-bond acceptors (Lipinski definition) is 3. The number of carbonyl (C=O) groups is 1. The zero-order chi connectivity index (χ0) is 23.5. The molecule has 3 aromatic rings. The number of hydrazone groups is 1. The molecule has 4 nitrogen and oxygen atoms in total. The Bertz CT molecular complexity index is 1070. The molecule has 0 fully saturated rings. The van der Waals surface area contributed by atoms with Crippen molar-refractivity contribution in [2.75, 3.05) is 6.61 Å². The highest BCUT2D eigenvalue weighted by atomic mass is 79.9. The first-order valence-electron chi connectivity index (χ1n) is 11.5. The maximum atomic E-state index is 12.4. The minimum atomic E-state index is -0.153. The van der Waals surface area contributed by atoms with Crippen molar-refractivity contribution < 1.29 is 9.53 Å². The van der Waals surface area contributed by atoms with E-state index in [9.17, 15) is 4.79 Å². The second kappa shape index (κ2) is 13.5. The molecule has 0 atom stereocenters. The molecule has 0 aromatic heterocycles. The molecule has 6 heteroatoms. The molecule has 0 heterocycles. The summed E-state index contributed by atoms with van der Waals surface area (Å²) in [6, 6.07) is 17.9. The van der Waals surface area contributed by atoms with Crippen LogP contribution in [0.25, 0.3) is 10.8 Å². The quantitative estimate of drug-likeness (QED) is 0.136. The van der Waals surface area contributed by atoms with Crippen LogP contribution in [0.3, 0.4) is 0 Å². The van der Waals surface area contributed by atoms with Crippen LogP contribution < -0.4 is 10.2 Å². The molecule has 0 bridgehead atoms. The summed E-state index contributed by atoms with van der Waals surface area (Å²) in [6.45, 7) is 2.92. The largest absolute Gasteiger partial charge is 0.491 e. The van der Waals surface area contributed by atoms with Crippen LogP contribution in [0.4, 0.5) is 0 Å². The van der Waals surface area contributed by atoms with Gasteiger partial charge in [-0.1, -0.05) is 81.5 Å². The third-order valence-electron chi connectivity index (χ3n) is 5.40. The second-order valence-corrected chi connectivity index (χ2v) is 9.75. The van der Waals surface area contributed by atoms with Crippen molar-refractivity contribution in [1.29, 1.82) is 0 Å². The molecule has 174 valence electrons. The Morgan fingerprint density at radius 3 is 2.45 bits per heavy atom. The topological polar surface area (TPSA) is 50.7 Å². The molecule has 3 aromatic carbocycles. The predicted octanol–water partition coefficient (Wildman–Crippen LogP) is 7.80. The highest BCUT2D eigenvalue weighted by Crippen LogP contribution is 2.34. The average molecular weight is 574 g/mol. The van der Waals surface area contributed by atoms with Crippen molar-refractivity contribution in [1.82, 2.24) is 5.43 Å². The van der Waals surface area contributed by atoms with Crippen LogP contribution in [0.5, 0.6) is 5.75 Å². The normalized spacial score (nSPS) is 11.2. The minimum Gasteiger partial charge on any atom is -0.491 e. The van der Waals surface area contributed by atoms with E-state index in [1.807, 2.05) is 54.6 Å². The summed E-state index contributed by atoms with van der Waals surface area (Å²) < 4.78 is 7.67. The van der Waals surface area contributed by atoms with Gasteiger partial charge in [-0.2, -0.15) is 5.10 Å². The fraction of sp³-hybridized carbons (Fsp3) is 0.333. The van der Waals surface area contributed by atoms with Crippen molar-refractivity contribution in [3.05, 3.63) is 74.7 Å². The van der Waals surface area contributed by atoms with Crippen LogP contribution >= 0.6 is 31.9 Å². The zero-order valence-corrected chi connectivity index (χ0v) is 22.1. The molecule has 3 rings (SSSR count). The fourth-order valence-electron chi connectivity index (χ4n) is 3.69. The van der Waals surface area contributed by atoms with E-state index in [1.54, 1.807) is 6.21 Å². The summed E-state index contributed by atoms with van der Waals surface area (Å²) in [5.74, 6) is 0.639. The maximum absolute atomic E-state index is 12.4. The average Bonchev–Trinajstić information content (AvgIpc) is 2.80. The molecule has 1 N–H and O–H groups in total. The number of nitrogens with zero attached hydrogens (tertiary/aromatic N) is 1. The lowest BCUT2D eigenvalue weighted by atomic mass is 10.0. The van der Waals surface area contributed by atoms with Crippen LogP contribution in [-0.4, -0.2) is 18.7 Å². The van der Waals surface area contributed by atoms with Gasteiger partial charge < -0.3 is 4.74 Å². The van der Waals surface area contributed by atoms with Gasteiger partial charge in [0.25, 0.3) is 0 Å². The molecule has 0 saturated carbocycles. The number of halogens is 2. The monoisotopic (exact) mass is 572 g/mol. The summed E-state index contributed by atoms with van der Waals surface area (Å²) in [7, 11) is 0. The number of amides is 1. The van der Waals surface area contributed by atoms with Crippen LogP contribution in [0.1, 0.15) is 56.6 Å². The van der Waals surface area contributed by atoms with E-state index >= 15 is 0 Å². The Morgan fingerprint density at radius 1 is 0.970 bits per heavy atom. The van der Waals surface area contributed by atoms with E-state index in [0.717, 1.165) is 43.0 Å². The first-order valence-corrected chi connectivity index (χ1v) is 13.1. The molecule has 0 aliphatic heterocycles. The summed E-state index contributed by atoms with van der Waals surface area (Å²) in [4.78, 5) is 12.4. The Labute approximate surface area is 213 Å². The first-order chi connectivity index (χ1) is 16.1. The van der Waals surface area contributed by atoms with E-state index in [4.69, 9.17) is 4.74 Å². The summed E-state index contributed by atoms with van der Waals surface area (Å²) in [5.41, 5.74) is 4.47. The third kappa shape index (κ3) is 7.97. The van der Waals surface area contributed by atoms with Crippen molar-refractivity contribution in [2.24, 2.45) is 5.10 Å². The van der Waals surface area contributed by atoms with Crippen molar-refractivity contribution in [3.63, 3.8) is 0 Å². The number of hydrogen-bond donors (Lipinski definition) is 1. The van der Waals surface area contributed by atoms with Crippen LogP contribution in [-0.2, 0) is 11.2 Å². The summed E-state index contributed by atoms with van der Waals surface area (Å²) in [6.07, 6.45) is 9.29. The second-order valence-electron chi connectivity index (χ2n) is 8.04. The number of rotatable bonds is 12. The molecular formula is C27H30Br2N2O2. The standard InChI is InChI=1S/C27H30Br2N2O2/c1-2-3-4-5-6-9-15-33-27-24(28)16-20(17-25(27)29)19-30-31-26(32)18-22-13-10-12-21-11-7-8-14-23(21)22/h7-8,10-14,16-17,19H,2-6,9,15,18H2,1H3,(H,31,32)/b30-19+. The van der Waals surface area contributed by atoms with Crippen molar-refractivity contribution >= 4 is 54.8 Å². The summed E-state index contributed by atoms with van der Waals surface area (Å²) in [5, 5.41) is 6.35. The van der Waals surface area contributed by atoms with Crippen molar-refractivity contribution in [2.45, 2.75) is 51.9 Å². The first kappa shape index (κ1) is 25.4. The van der Waals surface area contributed by atoms with Crippen molar-refractivity contribution in [3.8, 4) is 5.75 Å².